The lowest BCUT2D eigenvalue weighted by molar-refractivity contribution is -0.140. The van der Waals surface area contributed by atoms with Gasteiger partial charge in [-0.05, 0) is 56.5 Å². The number of nitrogens with zero attached hydrogens (tertiary/aromatic N) is 2. The summed E-state index contributed by atoms with van der Waals surface area (Å²) >= 11 is 3.42. The van der Waals surface area contributed by atoms with E-state index < -0.39 is 28.5 Å². The van der Waals surface area contributed by atoms with Gasteiger partial charge in [-0.25, -0.2) is 8.42 Å². The third-order valence-electron chi connectivity index (χ3n) is 5.32. The molecule has 0 aromatic heterocycles. The number of amides is 2. The van der Waals surface area contributed by atoms with Gasteiger partial charge in [-0.3, -0.25) is 13.9 Å². The SMILES string of the molecule is CCNC(=O)C(CC)N(Cc1ccc(C)cc1)C(=O)CN(c1ccc(Br)c(C)c1)S(C)(=O)=O. The van der Waals surface area contributed by atoms with Crippen molar-refractivity contribution in [3.8, 4) is 0 Å². The summed E-state index contributed by atoms with van der Waals surface area (Å²) in [7, 11) is -3.75. The van der Waals surface area contributed by atoms with Crippen molar-refractivity contribution in [3.05, 3.63) is 63.6 Å². The van der Waals surface area contributed by atoms with Crippen molar-refractivity contribution in [2.45, 2.75) is 46.7 Å². The molecule has 1 N–H and O–H groups in total. The van der Waals surface area contributed by atoms with E-state index in [9.17, 15) is 18.0 Å². The van der Waals surface area contributed by atoms with E-state index in [1.165, 1.54) is 4.90 Å². The first-order valence-electron chi connectivity index (χ1n) is 10.8. The maximum atomic E-state index is 13.5. The summed E-state index contributed by atoms with van der Waals surface area (Å²) in [5.74, 6) is -0.703. The van der Waals surface area contributed by atoms with E-state index >= 15 is 0 Å². The summed E-state index contributed by atoms with van der Waals surface area (Å²) < 4.78 is 27.2. The Balaban J connectivity index is 2.44. The molecule has 0 fully saturated rings. The van der Waals surface area contributed by atoms with Crippen molar-refractivity contribution >= 4 is 43.5 Å². The average Bonchev–Trinajstić information content (AvgIpc) is 2.74. The van der Waals surface area contributed by atoms with Crippen molar-refractivity contribution in [1.29, 1.82) is 0 Å². The van der Waals surface area contributed by atoms with Crippen molar-refractivity contribution in [2.24, 2.45) is 0 Å². The largest absolute Gasteiger partial charge is 0.355 e. The van der Waals surface area contributed by atoms with Crippen LogP contribution >= 0.6 is 15.9 Å². The number of aryl methyl sites for hydroxylation is 2. The Kier molecular flexibility index (Phi) is 9.48. The minimum atomic E-state index is -3.75. The zero-order chi connectivity index (χ0) is 24.8. The molecule has 0 aliphatic rings. The minimum absolute atomic E-state index is 0.200. The molecule has 1 unspecified atom stereocenters. The highest BCUT2D eigenvalue weighted by Crippen LogP contribution is 2.25. The van der Waals surface area contributed by atoms with Gasteiger partial charge in [0, 0.05) is 17.6 Å². The van der Waals surface area contributed by atoms with Crippen LogP contribution in [0.3, 0.4) is 0 Å². The third kappa shape index (κ3) is 7.30. The molecule has 7 nitrogen and oxygen atoms in total. The van der Waals surface area contributed by atoms with Crippen molar-refractivity contribution < 1.29 is 18.0 Å². The number of carbonyl (C=O) groups is 2. The quantitative estimate of drug-likeness (QED) is 0.499. The summed E-state index contributed by atoms with van der Waals surface area (Å²) in [6.07, 6.45) is 1.47. The van der Waals surface area contributed by atoms with E-state index in [1.54, 1.807) is 18.2 Å². The van der Waals surface area contributed by atoms with Gasteiger partial charge >= 0.3 is 0 Å². The average molecular weight is 539 g/mol. The highest BCUT2D eigenvalue weighted by atomic mass is 79.9. The Morgan fingerprint density at radius 2 is 1.70 bits per heavy atom. The van der Waals surface area contributed by atoms with Gasteiger partial charge in [0.25, 0.3) is 0 Å². The van der Waals surface area contributed by atoms with E-state index in [2.05, 4.69) is 21.2 Å². The molecule has 33 heavy (non-hydrogen) atoms. The fraction of sp³-hybridized carbons (Fsp3) is 0.417. The maximum Gasteiger partial charge on any atom is 0.244 e. The van der Waals surface area contributed by atoms with Gasteiger partial charge in [0.2, 0.25) is 21.8 Å². The monoisotopic (exact) mass is 537 g/mol. The number of rotatable bonds is 10. The molecule has 0 bridgehead atoms. The summed E-state index contributed by atoms with van der Waals surface area (Å²) in [6, 6.07) is 12.1. The fourth-order valence-electron chi connectivity index (χ4n) is 3.50. The van der Waals surface area contributed by atoms with E-state index in [0.29, 0.717) is 18.7 Å². The van der Waals surface area contributed by atoms with Crippen molar-refractivity contribution in [3.63, 3.8) is 0 Å². The molecular formula is C24H32BrN3O4S. The Morgan fingerprint density at radius 1 is 1.06 bits per heavy atom. The normalized spacial score (nSPS) is 12.2. The second kappa shape index (κ2) is 11.7. The molecule has 2 aromatic carbocycles. The lowest BCUT2D eigenvalue weighted by atomic mass is 10.1. The zero-order valence-corrected chi connectivity index (χ0v) is 22.2. The predicted molar refractivity (Wildman–Crippen MR) is 136 cm³/mol. The van der Waals surface area contributed by atoms with Crippen LogP contribution in [-0.4, -0.2) is 50.5 Å². The number of benzene rings is 2. The summed E-state index contributed by atoms with van der Waals surface area (Å²) in [5, 5.41) is 2.79. The lowest BCUT2D eigenvalue weighted by Crippen LogP contribution is -2.52. The molecular weight excluding hydrogens is 506 g/mol. The van der Waals surface area contributed by atoms with Crippen molar-refractivity contribution in [2.75, 3.05) is 23.7 Å². The van der Waals surface area contributed by atoms with Gasteiger partial charge in [-0.15, -0.1) is 0 Å². The number of hydrogen-bond acceptors (Lipinski definition) is 4. The second-order valence-corrected chi connectivity index (χ2v) is 10.8. The van der Waals surface area contributed by atoms with Gasteiger partial charge in [-0.1, -0.05) is 52.7 Å². The van der Waals surface area contributed by atoms with Crippen LogP contribution in [0.2, 0.25) is 0 Å². The van der Waals surface area contributed by atoms with Gasteiger partial charge in [0.05, 0.1) is 11.9 Å². The molecule has 0 aliphatic heterocycles. The Bertz CT molecular complexity index is 1090. The van der Waals surface area contributed by atoms with Crippen LogP contribution in [0.4, 0.5) is 5.69 Å². The van der Waals surface area contributed by atoms with E-state index in [-0.39, 0.29) is 12.5 Å². The van der Waals surface area contributed by atoms with E-state index in [4.69, 9.17) is 0 Å². The van der Waals surface area contributed by atoms with Crippen molar-refractivity contribution in [1.82, 2.24) is 10.2 Å². The first-order chi connectivity index (χ1) is 15.5. The molecule has 0 radical (unpaired) electrons. The second-order valence-electron chi connectivity index (χ2n) is 8.03. The number of carbonyl (C=O) groups excluding carboxylic acids is 2. The molecule has 180 valence electrons. The van der Waals surface area contributed by atoms with E-state index in [0.717, 1.165) is 31.7 Å². The number of sulfonamides is 1. The van der Waals surface area contributed by atoms with Crippen LogP contribution in [0.15, 0.2) is 46.9 Å². The first kappa shape index (κ1) is 26.9. The molecule has 0 saturated carbocycles. The Morgan fingerprint density at radius 3 is 2.21 bits per heavy atom. The summed E-state index contributed by atoms with van der Waals surface area (Å²) in [5.41, 5.74) is 3.19. The van der Waals surface area contributed by atoms with Gasteiger partial charge in [0.1, 0.15) is 12.6 Å². The van der Waals surface area contributed by atoms with Gasteiger partial charge in [-0.2, -0.15) is 0 Å². The van der Waals surface area contributed by atoms with Crippen LogP contribution in [-0.2, 0) is 26.2 Å². The number of nitrogens with one attached hydrogen (secondary N) is 1. The highest BCUT2D eigenvalue weighted by Gasteiger charge is 2.31. The van der Waals surface area contributed by atoms with Crippen LogP contribution in [0, 0.1) is 13.8 Å². The molecule has 2 amide bonds. The van der Waals surface area contributed by atoms with Crippen LogP contribution in [0.1, 0.15) is 37.0 Å². The molecule has 2 aromatic rings. The van der Waals surface area contributed by atoms with Gasteiger partial charge < -0.3 is 10.2 Å². The molecule has 0 saturated heterocycles. The Hall–Kier alpha value is -2.39. The number of anilines is 1. The molecule has 1 atom stereocenters. The molecule has 0 heterocycles. The number of likely N-dealkylation sites (N-methyl/N-ethyl adjacent to an activating group) is 1. The predicted octanol–water partition coefficient (Wildman–Crippen LogP) is 3.78. The maximum absolute atomic E-state index is 13.5. The smallest absolute Gasteiger partial charge is 0.244 e. The van der Waals surface area contributed by atoms with Crippen LogP contribution in [0.5, 0.6) is 0 Å². The number of hydrogen-bond donors (Lipinski definition) is 1. The highest BCUT2D eigenvalue weighted by molar-refractivity contribution is 9.10. The topological polar surface area (TPSA) is 86.8 Å². The van der Waals surface area contributed by atoms with E-state index in [1.807, 2.05) is 52.0 Å². The zero-order valence-electron chi connectivity index (χ0n) is 19.8. The van der Waals surface area contributed by atoms with Gasteiger partial charge in [0.15, 0.2) is 0 Å². The molecule has 9 heteroatoms. The summed E-state index contributed by atoms with van der Waals surface area (Å²) in [4.78, 5) is 27.8. The molecule has 0 spiro atoms. The third-order valence-corrected chi connectivity index (χ3v) is 7.35. The minimum Gasteiger partial charge on any atom is -0.355 e. The standard InChI is InChI=1S/C24H32BrN3O4S/c1-6-22(24(30)26-7-2)27(15-19-10-8-17(3)9-11-19)23(29)16-28(33(5,31)32)20-12-13-21(25)18(4)14-20/h8-14,22H,6-7,15-16H2,1-5H3,(H,26,30). The summed E-state index contributed by atoms with van der Waals surface area (Å²) in [6.45, 7) is 7.71. The van der Waals surface area contributed by atoms with Crippen LogP contribution < -0.4 is 9.62 Å². The molecule has 0 aliphatic carbocycles. The first-order valence-corrected chi connectivity index (χ1v) is 13.5. The van der Waals surface area contributed by atoms with Crippen LogP contribution in [0.25, 0.3) is 0 Å². The lowest BCUT2D eigenvalue weighted by Gasteiger charge is -2.33. The molecule has 2 rings (SSSR count). The fourth-order valence-corrected chi connectivity index (χ4v) is 4.59. The Labute approximate surface area is 205 Å². The number of halogens is 1.